The molecule has 1 atom stereocenters. The van der Waals surface area contributed by atoms with Crippen molar-refractivity contribution in [2.24, 2.45) is 5.14 Å². The summed E-state index contributed by atoms with van der Waals surface area (Å²) in [7, 11) is -3.68. The Bertz CT molecular complexity index is 1720. The first kappa shape index (κ1) is 27.8. The molecule has 0 spiro atoms. The van der Waals surface area contributed by atoms with E-state index >= 15 is 0 Å². The van der Waals surface area contributed by atoms with Gasteiger partial charge in [-0.25, -0.2) is 13.6 Å². The molecule has 1 aliphatic heterocycles. The number of benzene rings is 3. The predicted octanol–water partition coefficient (Wildman–Crippen LogP) is 6.10. The van der Waals surface area contributed by atoms with Crippen molar-refractivity contribution in [2.75, 3.05) is 13.2 Å². The van der Waals surface area contributed by atoms with Crippen LogP contribution in [0.3, 0.4) is 0 Å². The van der Waals surface area contributed by atoms with Crippen LogP contribution in [0.5, 0.6) is 11.5 Å². The second-order valence-electron chi connectivity index (χ2n) is 9.45. The molecule has 3 heterocycles. The van der Waals surface area contributed by atoms with Gasteiger partial charge in [-0.05, 0) is 53.8 Å². The van der Waals surface area contributed by atoms with Crippen molar-refractivity contribution in [3.05, 3.63) is 107 Å². The van der Waals surface area contributed by atoms with Crippen LogP contribution in [0.4, 0.5) is 0 Å². The van der Waals surface area contributed by atoms with Crippen molar-refractivity contribution in [2.45, 2.75) is 30.8 Å². The van der Waals surface area contributed by atoms with E-state index in [1.807, 2.05) is 29.5 Å². The van der Waals surface area contributed by atoms with Gasteiger partial charge in [0.05, 0.1) is 29.9 Å². The number of nitrogens with zero attached hydrogens (tertiary/aromatic N) is 1. The number of hydrogen-bond acceptors (Lipinski definition) is 7. The minimum atomic E-state index is -3.68. The maximum atomic E-state index is 11.1. The van der Waals surface area contributed by atoms with E-state index in [-0.39, 0.29) is 4.90 Å². The third-order valence-electron chi connectivity index (χ3n) is 6.41. The first-order valence-corrected chi connectivity index (χ1v) is 15.3. The van der Waals surface area contributed by atoms with Crippen molar-refractivity contribution in [1.29, 1.82) is 0 Å². The van der Waals surface area contributed by atoms with Crippen LogP contribution < -0.4 is 14.6 Å². The van der Waals surface area contributed by atoms with Gasteiger partial charge in [-0.1, -0.05) is 48.5 Å². The number of ether oxygens (including phenoxy) is 2. The van der Waals surface area contributed by atoms with Gasteiger partial charge in [0.2, 0.25) is 10.0 Å². The normalized spacial score (nSPS) is 13.7. The summed E-state index contributed by atoms with van der Waals surface area (Å²) in [5.41, 5.74) is 4.26. The molecule has 7 nitrogen and oxygen atoms in total. The number of rotatable bonds is 5. The fourth-order valence-electron chi connectivity index (χ4n) is 4.38. The zero-order chi connectivity index (χ0) is 28.1. The lowest BCUT2D eigenvalue weighted by molar-refractivity contribution is 0.199. The largest absolute Gasteiger partial charge is 0.490 e. The Morgan fingerprint density at radius 2 is 1.73 bits per heavy atom. The Hall–Kier alpha value is -3.76. The van der Waals surface area contributed by atoms with Gasteiger partial charge >= 0.3 is 0 Å². The highest BCUT2D eigenvalue weighted by Crippen LogP contribution is 2.36. The lowest BCUT2D eigenvalue weighted by Crippen LogP contribution is -2.12. The van der Waals surface area contributed by atoms with Crippen LogP contribution in [-0.4, -0.2) is 31.7 Å². The number of primary sulfonamides is 1. The smallest absolute Gasteiger partial charge is 0.238 e. The topological polar surface area (TPSA) is 112 Å². The molecule has 1 aliphatic rings. The van der Waals surface area contributed by atoms with E-state index in [1.165, 1.54) is 32.7 Å². The quantitative estimate of drug-likeness (QED) is 0.262. The van der Waals surface area contributed by atoms with Gasteiger partial charge in [-0.15, -0.1) is 11.3 Å². The molecule has 0 fully saturated rings. The van der Waals surface area contributed by atoms with Gasteiger partial charge in [0.25, 0.3) is 0 Å². The Morgan fingerprint density at radius 1 is 0.950 bits per heavy atom. The van der Waals surface area contributed by atoms with Gasteiger partial charge in [-0.3, -0.25) is 4.98 Å². The van der Waals surface area contributed by atoms with Crippen molar-refractivity contribution < 1.29 is 23.0 Å². The van der Waals surface area contributed by atoms with Gasteiger partial charge in [-0.2, -0.15) is 0 Å². The van der Waals surface area contributed by atoms with Gasteiger partial charge < -0.3 is 14.6 Å². The molecule has 0 saturated heterocycles. The molecule has 9 heteroatoms. The third kappa shape index (κ3) is 6.68. The zero-order valence-electron chi connectivity index (χ0n) is 22.0. The minimum Gasteiger partial charge on any atom is -0.490 e. The molecule has 3 aromatic carbocycles. The van der Waals surface area contributed by atoms with Gasteiger partial charge in [0, 0.05) is 40.2 Å². The highest BCUT2D eigenvalue weighted by atomic mass is 32.2. The fourth-order valence-corrected chi connectivity index (χ4v) is 6.12. The van der Waals surface area contributed by atoms with Crippen LogP contribution >= 0.6 is 11.3 Å². The summed E-state index contributed by atoms with van der Waals surface area (Å²) in [6.45, 7) is 2.87. The average molecular weight is 575 g/mol. The molecule has 0 unspecified atom stereocenters. The van der Waals surface area contributed by atoms with Crippen LogP contribution in [0.1, 0.15) is 35.5 Å². The van der Waals surface area contributed by atoms with Gasteiger partial charge in [0.15, 0.2) is 11.5 Å². The molecule has 0 saturated carbocycles. The van der Waals surface area contributed by atoms with Crippen molar-refractivity contribution in [1.82, 2.24) is 4.98 Å². The number of aliphatic hydroxyl groups excluding tert-OH is 1. The molecule has 0 radical (unpaired) electrons. The Kier molecular flexibility index (Phi) is 8.46. The van der Waals surface area contributed by atoms with Crippen LogP contribution in [-0.2, 0) is 16.4 Å². The van der Waals surface area contributed by atoms with Crippen LogP contribution in [0, 0.1) is 0 Å². The first-order chi connectivity index (χ1) is 19.3. The lowest BCUT2D eigenvalue weighted by Gasteiger charge is -2.07. The summed E-state index contributed by atoms with van der Waals surface area (Å²) in [4.78, 5) is 5.91. The average Bonchev–Trinajstić information content (AvgIpc) is 3.21. The number of sulfonamides is 1. The maximum absolute atomic E-state index is 11.1. The van der Waals surface area contributed by atoms with Crippen LogP contribution in [0.2, 0.25) is 0 Å². The molecule has 3 N–H and O–H groups in total. The molecule has 6 rings (SSSR count). The van der Waals surface area contributed by atoms with Gasteiger partial charge in [0.1, 0.15) is 0 Å². The second-order valence-corrected chi connectivity index (χ2v) is 12.2. The number of fused-ring (bicyclic) bond motifs is 2. The summed E-state index contributed by atoms with van der Waals surface area (Å²) in [5.74, 6) is 0.985. The van der Waals surface area contributed by atoms with Crippen molar-refractivity contribution >= 4 is 31.4 Å². The second kappa shape index (κ2) is 12.2. The molecular formula is C31H30N2O5S2. The third-order valence-corrected chi connectivity index (χ3v) is 8.50. The molecule has 40 heavy (non-hydrogen) atoms. The summed E-state index contributed by atoms with van der Waals surface area (Å²) in [6, 6.07) is 27.4. The lowest BCUT2D eigenvalue weighted by atomic mass is 10.1. The summed E-state index contributed by atoms with van der Waals surface area (Å²) in [6.07, 6.45) is 3.01. The molecule has 2 aromatic heterocycles. The van der Waals surface area contributed by atoms with Crippen molar-refractivity contribution in [3.63, 3.8) is 0 Å². The monoisotopic (exact) mass is 574 g/mol. The van der Waals surface area contributed by atoms with Crippen LogP contribution in [0.25, 0.3) is 21.3 Å². The van der Waals surface area contributed by atoms with Crippen molar-refractivity contribution in [3.8, 4) is 22.8 Å². The SMILES string of the molecule is C[C@H](O)c1ccnc(-c2cccc3cc(Cc4ccccc4)sc23)c1.NS(=O)(=O)c1ccc2c(c1)OCCCO2. The predicted molar refractivity (Wildman–Crippen MR) is 158 cm³/mol. The van der Waals surface area contributed by atoms with E-state index in [0.29, 0.717) is 24.7 Å². The maximum Gasteiger partial charge on any atom is 0.238 e. The molecule has 206 valence electrons. The van der Waals surface area contributed by atoms with E-state index < -0.39 is 16.1 Å². The number of pyridine rings is 1. The molecule has 0 bridgehead atoms. The molecule has 0 amide bonds. The van der Waals surface area contributed by atoms with E-state index in [1.54, 1.807) is 19.2 Å². The number of nitrogens with two attached hydrogens (primary N) is 1. The fraction of sp³-hybridized carbons (Fsp3) is 0.194. The number of thiophene rings is 1. The minimum absolute atomic E-state index is 0.0340. The van der Waals surface area contributed by atoms with E-state index in [9.17, 15) is 13.5 Å². The Labute approximate surface area is 237 Å². The summed E-state index contributed by atoms with van der Waals surface area (Å²) < 4.78 is 34.1. The number of aromatic nitrogens is 1. The Morgan fingerprint density at radius 3 is 2.48 bits per heavy atom. The number of hydrogen-bond donors (Lipinski definition) is 2. The highest BCUT2D eigenvalue weighted by molar-refractivity contribution is 7.89. The first-order valence-electron chi connectivity index (χ1n) is 12.9. The Balaban J connectivity index is 0.000000184. The zero-order valence-corrected chi connectivity index (χ0v) is 23.6. The van der Waals surface area contributed by atoms with E-state index in [2.05, 4.69) is 53.5 Å². The van der Waals surface area contributed by atoms with E-state index in [4.69, 9.17) is 14.6 Å². The highest BCUT2D eigenvalue weighted by Gasteiger charge is 2.15. The number of aliphatic hydroxyl groups is 1. The standard InChI is InChI=1S/C22H19NOS.C9H11NO4S/c1-15(24)17-10-11-23-21(14-17)20-9-5-8-18-13-19(25-22(18)20)12-16-6-3-2-4-7-16;10-15(11,12)7-2-3-8-9(6-7)14-5-1-4-13-8/h2-11,13-15,24H,12H2,1H3;2-3,6H,1,4-5H2,(H2,10,11,12)/t15-;/m0./s1. The summed E-state index contributed by atoms with van der Waals surface area (Å²) >= 11 is 1.83. The molecule has 0 aliphatic carbocycles. The van der Waals surface area contributed by atoms with E-state index in [0.717, 1.165) is 29.7 Å². The summed E-state index contributed by atoms with van der Waals surface area (Å²) in [5, 5.41) is 16.1. The molecule has 5 aromatic rings. The van der Waals surface area contributed by atoms with Crippen LogP contribution in [0.15, 0.2) is 96.0 Å². The molecular weight excluding hydrogens is 544 g/mol.